The quantitative estimate of drug-likeness (QED) is 0.850. The first-order valence-corrected chi connectivity index (χ1v) is 4.81. The zero-order valence-corrected chi connectivity index (χ0v) is 8.65. The molecule has 0 saturated heterocycles. The molecule has 5 nitrogen and oxygen atoms in total. The molecule has 1 aromatic heterocycles. The van der Waals surface area contributed by atoms with Crippen molar-refractivity contribution in [3.63, 3.8) is 0 Å². The Labute approximate surface area is 94.5 Å². The number of aryl methyl sites for hydroxylation is 1. The van der Waals surface area contributed by atoms with Crippen molar-refractivity contribution in [3.05, 3.63) is 23.8 Å². The van der Waals surface area contributed by atoms with Crippen LogP contribution in [0.5, 0.6) is 0 Å². The van der Waals surface area contributed by atoms with Gasteiger partial charge in [-0.25, -0.2) is 13.8 Å². The van der Waals surface area contributed by atoms with Gasteiger partial charge in [-0.1, -0.05) is 0 Å². The summed E-state index contributed by atoms with van der Waals surface area (Å²) in [6.45, 7) is 0.0583. The van der Waals surface area contributed by atoms with E-state index in [-0.39, 0.29) is 29.9 Å². The number of carboxylic acids is 1. The monoisotopic (exact) mass is 241 g/mol. The number of imidazole rings is 1. The maximum atomic E-state index is 13.1. The lowest BCUT2D eigenvalue weighted by molar-refractivity contribution is -0.137. The smallest absolute Gasteiger partial charge is 0.305 e. The number of aromatic nitrogens is 2. The number of benzene rings is 1. The molecule has 17 heavy (non-hydrogen) atoms. The van der Waals surface area contributed by atoms with Crippen LogP contribution in [0, 0.1) is 11.6 Å². The molecule has 0 radical (unpaired) electrons. The van der Waals surface area contributed by atoms with Gasteiger partial charge in [-0.3, -0.25) is 4.79 Å². The number of aliphatic carboxylic acids is 1. The van der Waals surface area contributed by atoms with Crippen molar-refractivity contribution in [1.29, 1.82) is 0 Å². The van der Waals surface area contributed by atoms with Gasteiger partial charge in [0.1, 0.15) is 0 Å². The van der Waals surface area contributed by atoms with Gasteiger partial charge in [0.2, 0.25) is 5.95 Å². The number of halogens is 2. The highest BCUT2D eigenvalue weighted by Gasteiger charge is 2.13. The van der Waals surface area contributed by atoms with E-state index < -0.39 is 17.6 Å². The number of fused-ring (bicyclic) bond motifs is 1. The fourth-order valence-corrected chi connectivity index (χ4v) is 1.58. The Morgan fingerprint density at radius 2 is 2.06 bits per heavy atom. The molecule has 0 spiro atoms. The van der Waals surface area contributed by atoms with E-state index in [1.165, 1.54) is 4.57 Å². The minimum absolute atomic E-state index is 0.0336. The van der Waals surface area contributed by atoms with Crippen LogP contribution in [0.3, 0.4) is 0 Å². The van der Waals surface area contributed by atoms with Crippen LogP contribution in [-0.2, 0) is 11.3 Å². The molecule has 7 heteroatoms. The molecule has 0 unspecified atom stereocenters. The second-order valence-electron chi connectivity index (χ2n) is 3.52. The number of rotatable bonds is 3. The standard InChI is InChI=1S/C10H9F2N3O2/c11-5-3-7-8(4-6(5)12)15(10(13)14-7)2-1-9(16)17/h3-4H,1-2H2,(H2,13,14)(H,16,17). The fourth-order valence-electron chi connectivity index (χ4n) is 1.58. The van der Waals surface area contributed by atoms with Gasteiger partial charge in [-0.05, 0) is 0 Å². The number of carboxylic acid groups (broad SMARTS) is 1. The molecular weight excluding hydrogens is 232 g/mol. The van der Waals surface area contributed by atoms with Gasteiger partial charge in [0.25, 0.3) is 0 Å². The summed E-state index contributed by atoms with van der Waals surface area (Å²) in [6.07, 6.45) is -0.172. The third-order valence-corrected chi connectivity index (χ3v) is 2.37. The highest BCUT2D eigenvalue weighted by atomic mass is 19.2. The Bertz CT molecular complexity index is 595. The SMILES string of the molecule is Nc1nc2cc(F)c(F)cc2n1CCC(=O)O. The largest absolute Gasteiger partial charge is 0.481 e. The lowest BCUT2D eigenvalue weighted by atomic mass is 10.3. The Balaban J connectivity index is 2.50. The van der Waals surface area contributed by atoms with Crippen molar-refractivity contribution in [3.8, 4) is 0 Å². The number of nitrogen functional groups attached to an aromatic ring is 1. The number of nitrogens with two attached hydrogens (primary N) is 1. The van der Waals surface area contributed by atoms with E-state index >= 15 is 0 Å². The van der Waals surface area contributed by atoms with Gasteiger partial charge < -0.3 is 15.4 Å². The van der Waals surface area contributed by atoms with Crippen LogP contribution in [0.25, 0.3) is 11.0 Å². The zero-order valence-electron chi connectivity index (χ0n) is 8.65. The summed E-state index contributed by atoms with van der Waals surface area (Å²) >= 11 is 0. The summed E-state index contributed by atoms with van der Waals surface area (Å²) in [4.78, 5) is 14.3. The maximum absolute atomic E-state index is 13.1. The van der Waals surface area contributed by atoms with Crippen LogP contribution in [0.4, 0.5) is 14.7 Å². The van der Waals surface area contributed by atoms with Gasteiger partial charge in [0.05, 0.1) is 17.5 Å². The molecule has 0 amide bonds. The molecule has 2 aromatic rings. The minimum Gasteiger partial charge on any atom is -0.481 e. The molecule has 3 N–H and O–H groups in total. The average Bonchev–Trinajstić information content (AvgIpc) is 2.52. The molecule has 0 bridgehead atoms. The predicted molar refractivity (Wildman–Crippen MR) is 56.3 cm³/mol. The predicted octanol–water partition coefficient (Wildman–Crippen LogP) is 1.37. The average molecular weight is 241 g/mol. The van der Waals surface area contributed by atoms with E-state index in [2.05, 4.69) is 4.98 Å². The third-order valence-electron chi connectivity index (χ3n) is 2.37. The number of hydrogen-bond acceptors (Lipinski definition) is 3. The molecule has 90 valence electrons. The zero-order chi connectivity index (χ0) is 12.6. The fraction of sp³-hybridized carbons (Fsp3) is 0.200. The second-order valence-corrected chi connectivity index (χ2v) is 3.52. The number of anilines is 1. The van der Waals surface area contributed by atoms with Crippen molar-refractivity contribution in [1.82, 2.24) is 9.55 Å². The third kappa shape index (κ3) is 2.03. The molecule has 0 aliphatic carbocycles. The Kier molecular flexibility index (Phi) is 2.66. The van der Waals surface area contributed by atoms with Crippen LogP contribution >= 0.6 is 0 Å². The van der Waals surface area contributed by atoms with E-state index in [0.29, 0.717) is 0 Å². The first-order valence-electron chi connectivity index (χ1n) is 4.81. The summed E-state index contributed by atoms with van der Waals surface area (Å²) in [6, 6.07) is 1.88. The topological polar surface area (TPSA) is 81.1 Å². The summed E-state index contributed by atoms with van der Waals surface area (Å²) in [5.41, 5.74) is 6.03. The lowest BCUT2D eigenvalue weighted by Crippen LogP contribution is -2.07. The van der Waals surface area contributed by atoms with Gasteiger partial charge in [-0.15, -0.1) is 0 Å². The van der Waals surface area contributed by atoms with E-state index in [0.717, 1.165) is 12.1 Å². The maximum Gasteiger partial charge on any atom is 0.305 e. The Morgan fingerprint density at radius 3 is 2.71 bits per heavy atom. The van der Waals surface area contributed by atoms with E-state index in [1.54, 1.807) is 0 Å². The molecule has 0 fully saturated rings. The van der Waals surface area contributed by atoms with Crippen LogP contribution in [0.15, 0.2) is 12.1 Å². The Hall–Kier alpha value is -2.18. The van der Waals surface area contributed by atoms with Crippen molar-refractivity contribution in [2.24, 2.45) is 0 Å². The van der Waals surface area contributed by atoms with Gasteiger partial charge in [0.15, 0.2) is 11.6 Å². The molecule has 0 atom stereocenters. The highest BCUT2D eigenvalue weighted by Crippen LogP contribution is 2.21. The summed E-state index contributed by atoms with van der Waals surface area (Å²) in [7, 11) is 0. The first kappa shape index (κ1) is 11.3. The number of nitrogens with zero attached hydrogens (tertiary/aromatic N) is 2. The minimum atomic E-state index is -1.02. The van der Waals surface area contributed by atoms with E-state index in [9.17, 15) is 13.6 Å². The van der Waals surface area contributed by atoms with Crippen LogP contribution < -0.4 is 5.73 Å². The number of carbonyl (C=O) groups is 1. The van der Waals surface area contributed by atoms with Crippen LogP contribution in [-0.4, -0.2) is 20.6 Å². The van der Waals surface area contributed by atoms with Gasteiger partial charge in [0, 0.05) is 18.7 Å². The van der Waals surface area contributed by atoms with Crippen molar-refractivity contribution in [2.75, 3.05) is 5.73 Å². The van der Waals surface area contributed by atoms with Crippen molar-refractivity contribution in [2.45, 2.75) is 13.0 Å². The summed E-state index contributed by atoms with van der Waals surface area (Å²) < 4.78 is 27.3. The molecule has 0 aliphatic rings. The Morgan fingerprint density at radius 1 is 1.41 bits per heavy atom. The lowest BCUT2D eigenvalue weighted by Gasteiger charge is -2.03. The van der Waals surface area contributed by atoms with E-state index in [4.69, 9.17) is 10.8 Å². The van der Waals surface area contributed by atoms with Crippen LogP contribution in [0.1, 0.15) is 6.42 Å². The molecule has 0 saturated carbocycles. The molecule has 0 aliphatic heterocycles. The summed E-state index contributed by atoms with van der Waals surface area (Å²) in [5.74, 6) is -3.01. The van der Waals surface area contributed by atoms with Crippen molar-refractivity contribution >= 4 is 23.0 Å². The molecular formula is C10H9F2N3O2. The van der Waals surface area contributed by atoms with Crippen molar-refractivity contribution < 1.29 is 18.7 Å². The first-order chi connectivity index (χ1) is 7.99. The van der Waals surface area contributed by atoms with E-state index in [1.807, 2.05) is 0 Å². The molecule has 1 aromatic carbocycles. The molecule has 2 rings (SSSR count). The number of hydrogen-bond donors (Lipinski definition) is 2. The normalized spacial score (nSPS) is 10.9. The molecule has 1 heterocycles. The van der Waals surface area contributed by atoms with Gasteiger partial charge in [-0.2, -0.15) is 0 Å². The van der Waals surface area contributed by atoms with Gasteiger partial charge >= 0.3 is 5.97 Å². The highest BCUT2D eigenvalue weighted by molar-refractivity contribution is 5.78. The summed E-state index contributed by atoms with van der Waals surface area (Å²) in [5, 5.41) is 8.57. The second kappa shape index (κ2) is 4.00. The van der Waals surface area contributed by atoms with Crippen LogP contribution in [0.2, 0.25) is 0 Å².